The highest BCUT2D eigenvalue weighted by atomic mass is 35.5. The largest absolute Gasteiger partial charge is 0.503 e. The summed E-state index contributed by atoms with van der Waals surface area (Å²) >= 11 is 5.94. The van der Waals surface area contributed by atoms with Crippen LogP contribution in [0.2, 0.25) is 5.02 Å². The molecule has 2 aromatic carbocycles. The van der Waals surface area contributed by atoms with E-state index in [9.17, 15) is 9.90 Å². The minimum atomic E-state index is -0.393. The Hall–Kier alpha value is -2.73. The number of phenolic OH excluding ortho intramolecular Hbond substituents is 1. The summed E-state index contributed by atoms with van der Waals surface area (Å²) < 4.78 is 10.7. The fourth-order valence-electron chi connectivity index (χ4n) is 2.31. The van der Waals surface area contributed by atoms with Gasteiger partial charge in [0.2, 0.25) is 0 Å². The van der Waals surface area contributed by atoms with Crippen LogP contribution in [0.25, 0.3) is 0 Å². The standard InChI is InChI=1S/C19H21ClN2O4/c1-4-25-17-9-14(8-16(20)19(17)24)10-21-22-18(23)11-26-15-6-12(2)5-13(3)7-15/h5-10,24H,4,11H2,1-3H3,(H,22,23)/b21-10-. The number of hydrazone groups is 1. The third-order valence-corrected chi connectivity index (χ3v) is 3.61. The van der Waals surface area contributed by atoms with E-state index in [0.29, 0.717) is 17.9 Å². The second kappa shape index (κ2) is 9.10. The predicted octanol–water partition coefficient (Wildman–Crippen LogP) is 3.59. The van der Waals surface area contributed by atoms with Gasteiger partial charge in [0, 0.05) is 0 Å². The average Bonchev–Trinajstić information content (AvgIpc) is 2.57. The second-order valence-electron chi connectivity index (χ2n) is 5.69. The first kappa shape index (κ1) is 19.6. The number of nitrogens with zero attached hydrogens (tertiary/aromatic N) is 1. The van der Waals surface area contributed by atoms with E-state index in [4.69, 9.17) is 21.1 Å². The number of amides is 1. The molecule has 0 unspecified atom stereocenters. The summed E-state index contributed by atoms with van der Waals surface area (Å²) in [6.07, 6.45) is 1.41. The summed E-state index contributed by atoms with van der Waals surface area (Å²) in [6.45, 7) is 5.95. The normalized spacial score (nSPS) is 10.8. The van der Waals surface area contributed by atoms with Crippen LogP contribution in [0.4, 0.5) is 0 Å². The zero-order chi connectivity index (χ0) is 19.1. The van der Waals surface area contributed by atoms with Crippen molar-refractivity contribution in [1.82, 2.24) is 5.43 Å². The van der Waals surface area contributed by atoms with Gasteiger partial charge in [0.05, 0.1) is 17.8 Å². The lowest BCUT2D eigenvalue weighted by atomic mass is 10.1. The Morgan fingerprint density at radius 2 is 1.88 bits per heavy atom. The molecule has 7 heteroatoms. The molecule has 2 rings (SSSR count). The van der Waals surface area contributed by atoms with Crippen LogP contribution < -0.4 is 14.9 Å². The van der Waals surface area contributed by atoms with Crippen LogP contribution in [-0.4, -0.2) is 30.4 Å². The highest BCUT2D eigenvalue weighted by Crippen LogP contribution is 2.34. The Labute approximate surface area is 157 Å². The zero-order valence-corrected chi connectivity index (χ0v) is 15.6. The molecule has 0 saturated carbocycles. The van der Waals surface area contributed by atoms with Crippen LogP contribution in [0, 0.1) is 13.8 Å². The summed E-state index contributed by atoms with van der Waals surface area (Å²) in [6, 6.07) is 8.83. The fourth-order valence-corrected chi connectivity index (χ4v) is 2.53. The summed E-state index contributed by atoms with van der Waals surface area (Å²) in [4.78, 5) is 11.8. The number of carbonyl (C=O) groups excluding carboxylic acids is 1. The SMILES string of the molecule is CCOc1cc(/C=N\NC(=O)COc2cc(C)cc(C)c2)cc(Cl)c1O. The molecule has 0 bridgehead atoms. The van der Waals surface area contributed by atoms with Gasteiger partial charge in [-0.2, -0.15) is 5.10 Å². The Kier molecular flexibility index (Phi) is 6.86. The molecule has 1 amide bonds. The molecular formula is C19H21ClN2O4. The van der Waals surface area contributed by atoms with Crippen LogP contribution in [0.15, 0.2) is 35.4 Å². The smallest absolute Gasteiger partial charge is 0.277 e. The van der Waals surface area contributed by atoms with Gasteiger partial charge in [-0.05, 0) is 61.7 Å². The number of nitrogens with one attached hydrogen (secondary N) is 1. The number of aryl methyl sites for hydroxylation is 2. The van der Waals surface area contributed by atoms with Crippen molar-refractivity contribution in [2.75, 3.05) is 13.2 Å². The van der Waals surface area contributed by atoms with E-state index in [0.717, 1.165) is 11.1 Å². The Balaban J connectivity index is 1.92. The van der Waals surface area contributed by atoms with Crippen molar-refractivity contribution in [3.05, 3.63) is 52.0 Å². The molecule has 2 N–H and O–H groups in total. The number of ether oxygens (including phenoxy) is 2. The molecule has 0 spiro atoms. The minimum absolute atomic E-state index is 0.128. The number of halogens is 1. The van der Waals surface area contributed by atoms with Crippen molar-refractivity contribution in [3.63, 3.8) is 0 Å². The van der Waals surface area contributed by atoms with Crippen LogP contribution in [-0.2, 0) is 4.79 Å². The van der Waals surface area contributed by atoms with Crippen LogP contribution in [0.3, 0.4) is 0 Å². The Morgan fingerprint density at radius 1 is 1.19 bits per heavy atom. The molecule has 0 saturated heterocycles. The van der Waals surface area contributed by atoms with Gasteiger partial charge < -0.3 is 14.6 Å². The monoisotopic (exact) mass is 376 g/mol. The van der Waals surface area contributed by atoms with E-state index >= 15 is 0 Å². The van der Waals surface area contributed by atoms with Gasteiger partial charge in [-0.25, -0.2) is 5.43 Å². The van der Waals surface area contributed by atoms with Crippen molar-refractivity contribution < 1.29 is 19.4 Å². The number of carbonyl (C=O) groups is 1. The molecule has 0 aliphatic heterocycles. The van der Waals surface area contributed by atoms with Gasteiger partial charge in [0.1, 0.15) is 5.75 Å². The van der Waals surface area contributed by atoms with Gasteiger partial charge in [0.15, 0.2) is 18.1 Å². The maximum Gasteiger partial charge on any atom is 0.277 e. The Morgan fingerprint density at radius 3 is 2.54 bits per heavy atom. The lowest BCUT2D eigenvalue weighted by Gasteiger charge is -2.08. The first-order chi connectivity index (χ1) is 12.4. The van der Waals surface area contributed by atoms with Gasteiger partial charge >= 0.3 is 0 Å². The molecule has 26 heavy (non-hydrogen) atoms. The van der Waals surface area contributed by atoms with E-state index < -0.39 is 5.91 Å². The summed E-state index contributed by atoms with van der Waals surface area (Å²) in [7, 11) is 0. The van der Waals surface area contributed by atoms with E-state index in [-0.39, 0.29) is 23.1 Å². The molecular weight excluding hydrogens is 356 g/mol. The molecule has 0 atom stereocenters. The molecule has 0 aliphatic rings. The first-order valence-electron chi connectivity index (χ1n) is 8.07. The van der Waals surface area contributed by atoms with Gasteiger partial charge in [0.25, 0.3) is 5.91 Å². The topological polar surface area (TPSA) is 80.2 Å². The number of phenols is 1. The first-order valence-corrected chi connectivity index (χ1v) is 8.45. The van der Waals surface area contributed by atoms with Crippen molar-refractivity contribution in [3.8, 4) is 17.2 Å². The molecule has 2 aromatic rings. The number of hydrogen-bond donors (Lipinski definition) is 2. The average molecular weight is 377 g/mol. The van der Waals surface area contributed by atoms with E-state index in [2.05, 4.69) is 10.5 Å². The van der Waals surface area contributed by atoms with Crippen molar-refractivity contribution in [1.29, 1.82) is 0 Å². The molecule has 6 nitrogen and oxygen atoms in total. The zero-order valence-electron chi connectivity index (χ0n) is 14.9. The molecule has 138 valence electrons. The third kappa shape index (κ3) is 5.67. The molecule has 0 aromatic heterocycles. The lowest BCUT2D eigenvalue weighted by Crippen LogP contribution is -2.24. The molecule has 0 aliphatic carbocycles. The summed E-state index contributed by atoms with van der Waals surface area (Å²) in [5.74, 6) is 0.367. The quantitative estimate of drug-likeness (QED) is 0.571. The van der Waals surface area contributed by atoms with E-state index in [1.54, 1.807) is 13.0 Å². The Bertz CT molecular complexity index is 801. The number of benzene rings is 2. The van der Waals surface area contributed by atoms with Gasteiger partial charge in [-0.3, -0.25) is 4.79 Å². The number of aromatic hydroxyl groups is 1. The van der Waals surface area contributed by atoms with Gasteiger partial charge in [-0.1, -0.05) is 17.7 Å². The second-order valence-corrected chi connectivity index (χ2v) is 6.09. The van der Waals surface area contributed by atoms with Crippen LogP contribution >= 0.6 is 11.6 Å². The highest BCUT2D eigenvalue weighted by Gasteiger charge is 2.09. The van der Waals surface area contributed by atoms with Crippen LogP contribution in [0.1, 0.15) is 23.6 Å². The van der Waals surface area contributed by atoms with Gasteiger partial charge in [-0.15, -0.1) is 0 Å². The summed E-state index contributed by atoms with van der Waals surface area (Å²) in [5.41, 5.74) is 5.08. The molecule has 0 radical (unpaired) electrons. The fraction of sp³-hybridized carbons (Fsp3) is 0.263. The summed E-state index contributed by atoms with van der Waals surface area (Å²) in [5, 5.41) is 13.8. The van der Waals surface area contributed by atoms with E-state index in [1.807, 2.05) is 32.0 Å². The highest BCUT2D eigenvalue weighted by molar-refractivity contribution is 6.32. The third-order valence-electron chi connectivity index (χ3n) is 3.32. The van der Waals surface area contributed by atoms with Crippen molar-refractivity contribution in [2.45, 2.75) is 20.8 Å². The minimum Gasteiger partial charge on any atom is -0.503 e. The van der Waals surface area contributed by atoms with Crippen molar-refractivity contribution in [2.24, 2.45) is 5.10 Å². The van der Waals surface area contributed by atoms with Crippen molar-refractivity contribution >= 4 is 23.7 Å². The van der Waals surface area contributed by atoms with E-state index in [1.165, 1.54) is 12.3 Å². The maximum atomic E-state index is 11.8. The van der Waals surface area contributed by atoms with Crippen LogP contribution in [0.5, 0.6) is 17.2 Å². The predicted molar refractivity (Wildman–Crippen MR) is 101 cm³/mol. The lowest BCUT2D eigenvalue weighted by molar-refractivity contribution is -0.123. The number of rotatable bonds is 7. The molecule has 0 heterocycles. The molecule has 0 fully saturated rings. The number of hydrogen-bond acceptors (Lipinski definition) is 5. The maximum absolute atomic E-state index is 11.8.